The third-order valence-electron chi connectivity index (χ3n) is 3.53. The Morgan fingerprint density at radius 3 is 2.29 bits per heavy atom. The maximum atomic E-state index is 12.2. The van der Waals surface area contributed by atoms with Crippen molar-refractivity contribution in [1.29, 1.82) is 0 Å². The lowest BCUT2D eigenvalue weighted by Gasteiger charge is -2.24. The van der Waals surface area contributed by atoms with E-state index < -0.39 is 5.97 Å². The van der Waals surface area contributed by atoms with Crippen molar-refractivity contribution in [3.63, 3.8) is 0 Å². The van der Waals surface area contributed by atoms with Gasteiger partial charge in [-0.1, -0.05) is 0 Å². The first-order valence-corrected chi connectivity index (χ1v) is 6.78. The van der Waals surface area contributed by atoms with E-state index in [2.05, 4.69) is 0 Å². The molecule has 1 N–H and O–H groups in total. The van der Waals surface area contributed by atoms with Crippen LogP contribution in [0, 0.1) is 18.8 Å². The van der Waals surface area contributed by atoms with Crippen LogP contribution in [0.3, 0.4) is 0 Å². The van der Waals surface area contributed by atoms with Crippen molar-refractivity contribution in [1.82, 2.24) is 0 Å². The van der Waals surface area contributed by atoms with Crippen LogP contribution in [-0.4, -0.2) is 16.9 Å². The van der Waals surface area contributed by atoms with E-state index in [-0.39, 0.29) is 17.6 Å². The monoisotopic (exact) mass is 252 g/mol. The predicted molar refractivity (Wildman–Crippen MR) is 66.5 cm³/mol. The number of carbonyl (C=O) groups excluding carboxylic acids is 1. The molecule has 0 spiro atoms. The number of aliphatic carboxylic acids is 1. The quantitative estimate of drug-likeness (QED) is 0.841. The van der Waals surface area contributed by atoms with Crippen molar-refractivity contribution < 1.29 is 14.7 Å². The number of carbonyl (C=O) groups is 2. The lowest BCUT2D eigenvalue weighted by molar-refractivity contribution is -0.143. The third kappa shape index (κ3) is 2.57. The Hall–Kier alpha value is -1.16. The van der Waals surface area contributed by atoms with Crippen LogP contribution < -0.4 is 0 Å². The van der Waals surface area contributed by atoms with Crippen LogP contribution in [0.5, 0.6) is 0 Å². The number of hydrogen-bond acceptors (Lipinski definition) is 3. The molecule has 0 atom stereocenters. The molecule has 1 saturated carbocycles. The van der Waals surface area contributed by atoms with E-state index in [1.807, 2.05) is 18.4 Å². The van der Waals surface area contributed by atoms with Gasteiger partial charge in [-0.25, -0.2) is 0 Å². The fourth-order valence-electron chi connectivity index (χ4n) is 2.41. The number of ketones is 1. The molecule has 3 nitrogen and oxygen atoms in total. The second-order valence-electron chi connectivity index (χ2n) is 4.68. The second-order valence-corrected chi connectivity index (χ2v) is 5.60. The molecule has 0 saturated heterocycles. The van der Waals surface area contributed by atoms with Crippen LogP contribution in [0.15, 0.2) is 11.4 Å². The number of aryl methyl sites for hydroxylation is 1. The normalized spacial score (nSPS) is 24.5. The van der Waals surface area contributed by atoms with Gasteiger partial charge in [0.2, 0.25) is 0 Å². The van der Waals surface area contributed by atoms with Gasteiger partial charge in [0.25, 0.3) is 0 Å². The SMILES string of the molecule is Cc1ccsc1C(=O)C1CCC(C(=O)O)CC1. The van der Waals surface area contributed by atoms with E-state index in [0.717, 1.165) is 10.4 Å². The van der Waals surface area contributed by atoms with Crippen LogP contribution >= 0.6 is 11.3 Å². The lowest BCUT2D eigenvalue weighted by atomic mass is 9.79. The topological polar surface area (TPSA) is 54.4 Å². The van der Waals surface area contributed by atoms with Crippen LogP contribution in [0.4, 0.5) is 0 Å². The molecule has 0 bridgehead atoms. The molecule has 1 heterocycles. The summed E-state index contributed by atoms with van der Waals surface area (Å²) < 4.78 is 0. The molecule has 1 aromatic heterocycles. The molecule has 1 aromatic rings. The molecule has 0 aliphatic heterocycles. The van der Waals surface area contributed by atoms with Crippen LogP contribution in [0.25, 0.3) is 0 Å². The Labute approximate surface area is 104 Å². The molecule has 2 rings (SSSR count). The Balaban J connectivity index is 2.00. The van der Waals surface area contributed by atoms with Gasteiger partial charge in [0, 0.05) is 5.92 Å². The first-order valence-electron chi connectivity index (χ1n) is 5.90. The lowest BCUT2D eigenvalue weighted by Crippen LogP contribution is -2.25. The molecule has 1 fully saturated rings. The summed E-state index contributed by atoms with van der Waals surface area (Å²) in [5.41, 5.74) is 1.04. The highest BCUT2D eigenvalue weighted by molar-refractivity contribution is 7.12. The van der Waals surface area contributed by atoms with E-state index in [0.29, 0.717) is 25.7 Å². The van der Waals surface area contributed by atoms with Gasteiger partial charge < -0.3 is 5.11 Å². The first kappa shape index (κ1) is 12.3. The van der Waals surface area contributed by atoms with Gasteiger partial charge in [0.15, 0.2) is 5.78 Å². The van der Waals surface area contributed by atoms with Crippen LogP contribution in [0.2, 0.25) is 0 Å². The smallest absolute Gasteiger partial charge is 0.306 e. The highest BCUT2D eigenvalue weighted by Crippen LogP contribution is 2.32. The standard InChI is InChI=1S/C13H16O3S/c1-8-6-7-17-12(8)11(14)9-2-4-10(5-3-9)13(15)16/h6-7,9-10H,2-5H2,1H3,(H,15,16). The average Bonchev–Trinajstić information content (AvgIpc) is 2.74. The van der Waals surface area contributed by atoms with Gasteiger partial charge >= 0.3 is 5.97 Å². The number of thiophene rings is 1. The van der Waals surface area contributed by atoms with Gasteiger partial charge in [-0.05, 0) is 49.6 Å². The van der Waals surface area contributed by atoms with Crippen molar-refractivity contribution in [3.05, 3.63) is 21.9 Å². The van der Waals surface area contributed by atoms with Crippen molar-refractivity contribution in [2.45, 2.75) is 32.6 Å². The molecule has 0 radical (unpaired) electrons. The fraction of sp³-hybridized carbons (Fsp3) is 0.538. The molecular weight excluding hydrogens is 236 g/mol. The minimum absolute atomic E-state index is 0.0305. The molecule has 17 heavy (non-hydrogen) atoms. The number of rotatable bonds is 3. The number of Topliss-reactive ketones (excluding diaryl/α,β-unsaturated/α-hetero) is 1. The highest BCUT2D eigenvalue weighted by atomic mass is 32.1. The zero-order chi connectivity index (χ0) is 12.4. The Bertz CT molecular complexity index is 428. The molecule has 0 aromatic carbocycles. The maximum Gasteiger partial charge on any atom is 0.306 e. The molecule has 1 aliphatic rings. The summed E-state index contributed by atoms with van der Waals surface area (Å²) in [5, 5.41) is 10.8. The summed E-state index contributed by atoms with van der Waals surface area (Å²) in [5.74, 6) is -0.726. The van der Waals surface area contributed by atoms with Crippen molar-refractivity contribution >= 4 is 23.1 Å². The molecule has 1 aliphatic carbocycles. The van der Waals surface area contributed by atoms with Crippen LogP contribution in [-0.2, 0) is 4.79 Å². The number of carboxylic acids is 1. The third-order valence-corrected chi connectivity index (χ3v) is 4.56. The summed E-state index contributed by atoms with van der Waals surface area (Å²) in [4.78, 5) is 23.9. The van der Waals surface area contributed by atoms with E-state index in [4.69, 9.17) is 5.11 Å². The summed E-state index contributed by atoms with van der Waals surface area (Å²) in [6.07, 6.45) is 2.70. The minimum Gasteiger partial charge on any atom is -0.481 e. The highest BCUT2D eigenvalue weighted by Gasteiger charge is 2.30. The molecule has 4 heteroatoms. The van der Waals surface area contributed by atoms with Gasteiger partial charge in [-0.2, -0.15) is 0 Å². The van der Waals surface area contributed by atoms with Gasteiger partial charge in [0.1, 0.15) is 0 Å². The van der Waals surface area contributed by atoms with E-state index in [1.165, 1.54) is 11.3 Å². The average molecular weight is 252 g/mol. The van der Waals surface area contributed by atoms with E-state index in [9.17, 15) is 9.59 Å². The largest absolute Gasteiger partial charge is 0.481 e. The summed E-state index contributed by atoms with van der Waals surface area (Å²) in [6.45, 7) is 1.95. The molecular formula is C13H16O3S. The van der Waals surface area contributed by atoms with Crippen molar-refractivity contribution in [3.8, 4) is 0 Å². The zero-order valence-corrected chi connectivity index (χ0v) is 10.6. The Kier molecular flexibility index (Phi) is 3.62. The first-order chi connectivity index (χ1) is 8.09. The maximum absolute atomic E-state index is 12.2. The minimum atomic E-state index is -0.719. The van der Waals surface area contributed by atoms with Gasteiger partial charge in [0.05, 0.1) is 10.8 Å². The summed E-state index contributed by atoms with van der Waals surface area (Å²) >= 11 is 1.49. The Morgan fingerprint density at radius 1 is 1.24 bits per heavy atom. The van der Waals surface area contributed by atoms with E-state index >= 15 is 0 Å². The van der Waals surface area contributed by atoms with Crippen molar-refractivity contribution in [2.75, 3.05) is 0 Å². The fourth-order valence-corrected chi connectivity index (χ4v) is 3.36. The molecule has 0 unspecified atom stereocenters. The number of hydrogen-bond donors (Lipinski definition) is 1. The second kappa shape index (κ2) is 5.00. The predicted octanol–water partition coefficient (Wildman–Crippen LogP) is 3.13. The van der Waals surface area contributed by atoms with Crippen LogP contribution in [0.1, 0.15) is 40.9 Å². The zero-order valence-electron chi connectivity index (χ0n) is 9.81. The van der Waals surface area contributed by atoms with Gasteiger partial charge in [-0.3, -0.25) is 9.59 Å². The van der Waals surface area contributed by atoms with Crippen molar-refractivity contribution in [2.24, 2.45) is 11.8 Å². The summed E-state index contributed by atoms with van der Waals surface area (Å²) in [6, 6.07) is 1.96. The molecule has 0 amide bonds. The Morgan fingerprint density at radius 2 is 1.82 bits per heavy atom. The van der Waals surface area contributed by atoms with Gasteiger partial charge in [-0.15, -0.1) is 11.3 Å². The molecule has 92 valence electrons. The summed E-state index contributed by atoms with van der Waals surface area (Å²) in [7, 11) is 0. The van der Waals surface area contributed by atoms with E-state index in [1.54, 1.807) is 0 Å². The number of carboxylic acid groups (broad SMARTS) is 1.